The molecule has 1 aliphatic heterocycles. The number of hydrogen-bond donors (Lipinski definition) is 2. The highest BCUT2D eigenvalue weighted by molar-refractivity contribution is 8.00. The Kier molecular flexibility index (Phi) is 5.60. The number of anilines is 1. The van der Waals surface area contributed by atoms with Crippen molar-refractivity contribution < 1.29 is 9.53 Å². The number of carbonyl (C=O) groups excluding carboxylic acids is 1. The summed E-state index contributed by atoms with van der Waals surface area (Å²) in [5, 5.41) is 9.51. The van der Waals surface area contributed by atoms with E-state index in [2.05, 4.69) is 15.5 Å². The highest BCUT2D eigenvalue weighted by atomic mass is 32.2. The molecule has 1 fully saturated rings. The van der Waals surface area contributed by atoms with Crippen LogP contribution in [-0.4, -0.2) is 38.6 Å². The lowest BCUT2D eigenvalue weighted by Crippen LogP contribution is -2.26. The Morgan fingerprint density at radius 1 is 1.48 bits per heavy atom. The summed E-state index contributed by atoms with van der Waals surface area (Å²) in [6.07, 6.45) is 1.98. The zero-order valence-electron chi connectivity index (χ0n) is 14.3. The van der Waals surface area contributed by atoms with E-state index in [9.17, 15) is 9.59 Å². The van der Waals surface area contributed by atoms with Crippen LogP contribution in [0.15, 0.2) is 34.2 Å². The summed E-state index contributed by atoms with van der Waals surface area (Å²) in [6.45, 7) is 4.98. The second-order valence-corrected chi connectivity index (χ2v) is 7.48. The number of nitrogens with zero attached hydrogens (tertiary/aromatic N) is 2. The summed E-state index contributed by atoms with van der Waals surface area (Å²) in [5.41, 5.74) is 1.61. The van der Waals surface area contributed by atoms with Gasteiger partial charge in [-0.05, 0) is 38.8 Å². The maximum atomic E-state index is 12.4. The minimum absolute atomic E-state index is 0.0336. The number of ether oxygens (including phenoxy) is 1. The summed E-state index contributed by atoms with van der Waals surface area (Å²) in [7, 11) is 0. The SMILES string of the molecule is Cc1ccc(NC(=O)[C@H](C)Sc2n[nH]c(=O)n2C[C@H]2CCCO2)cc1. The highest BCUT2D eigenvalue weighted by Gasteiger charge is 2.22. The highest BCUT2D eigenvalue weighted by Crippen LogP contribution is 2.23. The molecule has 0 saturated carbocycles. The standard InChI is InChI=1S/C17H22N4O3S/c1-11-5-7-13(8-6-11)18-15(22)12(2)25-17-20-19-16(23)21(17)10-14-4-3-9-24-14/h5-8,12,14H,3-4,9-10H2,1-2H3,(H,18,22)(H,19,23)/t12-,14+/m0/s1. The normalized spacial score (nSPS) is 18.2. The monoisotopic (exact) mass is 362 g/mol. The Morgan fingerprint density at radius 2 is 2.24 bits per heavy atom. The van der Waals surface area contributed by atoms with E-state index in [1.807, 2.05) is 31.2 Å². The molecule has 1 aromatic heterocycles. The lowest BCUT2D eigenvalue weighted by molar-refractivity contribution is -0.115. The van der Waals surface area contributed by atoms with Crippen LogP contribution in [0.2, 0.25) is 0 Å². The fourth-order valence-electron chi connectivity index (χ4n) is 2.64. The van der Waals surface area contributed by atoms with Crippen molar-refractivity contribution in [1.82, 2.24) is 14.8 Å². The first-order valence-corrected chi connectivity index (χ1v) is 9.22. The Bertz CT molecular complexity index is 778. The minimum atomic E-state index is -0.389. The third kappa shape index (κ3) is 4.52. The number of benzene rings is 1. The second kappa shape index (κ2) is 7.88. The molecule has 0 unspecified atom stereocenters. The summed E-state index contributed by atoms with van der Waals surface area (Å²) >= 11 is 1.26. The number of thioether (sulfide) groups is 1. The lowest BCUT2D eigenvalue weighted by Gasteiger charge is -2.14. The molecule has 1 saturated heterocycles. The topological polar surface area (TPSA) is 89.0 Å². The summed E-state index contributed by atoms with van der Waals surface area (Å²) in [5.74, 6) is -0.132. The number of aromatic nitrogens is 3. The van der Waals surface area contributed by atoms with Crippen molar-refractivity contribution in [2.75, 3.05) is 11.9 Å². The van der Waals surface area contributed by atoms with E-state index in [0.717, 1.165) is 30.7 Å². The third-order valence-corrected chi connectivity index (χ3v) is 5.19. The van der Waals surface area contributed by atoms with Crippen molar-refractivity contribution in [2.24, 2.45) is 0 Å². The van der Waals surface area contributed by atoms with Gasteiger partial charge in [-0.25, -0.2) is 9.89 Å². The van der Waals surface area contributed by atoms with Gasteiger partial charge in [0.15, 0.2) is 5.16 Å². The number of amides is 1. The lowest BCUT2D eigenvalue weighted by atomic mass is 10.2. The molecule has 2 heterocycles. The van der Waals surface area contributed by atoms with Crippen LogP contribution >= 0.6 is 11.8 Å². The number of aromatic amines is 1. The average Bonchev–Trinajstić information content (AvgIpc) is 3.22. The first-order valence-electron chi connectivity index (χ1n) is 8.34. The van der Waals surface area contributed by atoms with E-state index in [-0.39, 0.29) is 23.0 Å². The zero-order valence-corrected chi connectivity index (χ0v) is 15.1. The predicted molar refractivity (Wildman–Crippen MR) is 96.9 cm³/mol. The molecule has 0 radical (unpaired) electrons. The number of nitrogens with one attached hydrogen (secondary N) is 2. The van der Waals surface area contributed by atoms with Crippen LogP contribution in [0.3, 0.4) is 0 Å². The molecule has 134 valence electrons. The van der Waals surface area contributed by atoms with E-state index in [1.165, 1.54) is 11.8 Å². The smallest absolute Gasteiger partial charge is 0.344 e. The van der Waals surface area contributed by atoms with E-state index in [1.54, 1.807) is 11.5 Å². The molecule has 0 aliphatic carbocycles. The molecule has 2 aromatic rings. The molecule has 25 heavy (non-hydrogen) atoms. The Labute approximate surface area is 150 Å². The number of carbonyl (C=O) groups is 1. The molecule has 1 aromatic carbocycles. The van der Waals surface area contributed by atoms with Crippen LogP contribution < -0.4 is 11.0 Å². The van der Waals surface area contributed by atoms with Gasteiger partial charge in [0.25, 0.3) is 0 Å². The molecule has 8 heteroatoms. The first-order chi connectivity index (χ1) is 12.0. The first kappa shape index (κ1) is 17.8. The van der Waals surface area contributed by atoms with Crippen LogP contribution in [-0.2, 0) is 16.1 Å². The van der Waals surface area contributed by atoms with Crippen molar-refractivity contribution >= 4 is 23.4 Å². The Hall–Kier alpha value is -2.06. The van der Waals surface area contributed by atoms with Crippen molar-refractivity contribution in [3.63, 3.8) is 0 Å². The van der Waals surface area contributed by atoms with Gasteiger partial charge in [-0.1, -0.05) is 29.5 Å². The maximum Gasteiger partial charge on any atom is 0.344 e. The van der Waals surface area contributed by atoms with E-state index >= 15 is 0 Å². The van der Waals surface area contributed by atoms with Crippen LogP contribution in [0.1, 0.15) is 25.3 Å². The zero-order chi connectivity index (χ0) is 17.8. The number of rotatable bonds is 6. The minimum Gasteiger partial charge on any atom is -0.376 e. The van der Waals surface area contributed by atoms with Gasteiger partial charge in [-0.15, -0.1) is 5.10 Å². The Morgan fingerprint density at radius 3 is 2.92 bits per heavy atom. The molecule has 2 N–H and O–H groups in total. The maximum absolute atomic E-state index is 12.4. The molecule has 1 aliphatic rings. The molecule has 3 rings (SSSR count). The molecular formula is C17H22N4O3S. The van der Waals surface area contributed by atoms with Crippen molar-refractivity contribution in [2.45, 2.75) is 49.7 Å². The molecule has 7 nitrogen and oxygen atoms in total. The fraction of sp³-hybridized carbons (Fsp3) is 0.471. The Balaban J connectivity index is 1.63. The third-order valence-electron chi connectivity index (χ3n) is 4.10. The molecule has 2 atom stereocenters. The second-order valence-electron chi connectivity index (χ2n) is 6.17. The van der Waals surface area contributed by atoms with Crippen molar-refractivity contribution in [1.29, 1.82) is 0 Å². The summed E-state index contributed by atoms with van der Waals surface area (Å²) in [4.78, 5) is 24.4. The van der Waals surface area contributed by atoms with E-state index in [4.69, 9.17) is 4.74 Å². The number of H-pyrrole nitrogens is 1. The molecule has 0 bridgehead atoms. The number of aryl methyl sites for hydroxylation is 1. The largest absolute Gasteiger partial charge is 0.376 e. The fourth-order valence-corrected chi connectivity index (χ4v) is 3.50. The quantitative estimate of drug-likeness (QED) is 0.769. The predicted octanol–water partition coefficient (Wildman–Crippen LogP) is 2.18. The van der Waals surface area contributed by atoms with Gasteiger partial charge < -0.3 is 10.1 Å². The van der Waals surface area contributed by atoms with E-state index in [0.29, 0.717) is 11.7 Å². The van der Waals surface area contributed by atoms with Crippen molar-refractivity contribution in [3.05, 3.63) is 40.3 Å². The molecular weight excluding hydrogens is 340 g/mol. The van der Waals surface area contributed by atoms with Gasteiger partial charge in [0.1, 0.15) is 0 Å². The van der Waals surface area contributed by atoms with E-state index < -0.39 is 0 Å². The average molecular weight is 362 g/mol. The molecule has 1 amide bonds. The van der Waals surface area contributed by atoms with Gasteiger partial charge in [0.05, 0.1) is 17.9 Å². The molecule has 0 spiro atoms. The van der Waals surface area contributed by atoms with Crippen LogP contribution in [0.5, 0.6) is 0 Å². The summed E-state index contributed by atoms with van der Waals surface area (Å²) in [6, 6.07) is 7.62. The van der Waals surface area contributed by atoms with Gasteiger partial charge in [0.2, 0.25) is 5.91 Å². The van der Waals surface area contributed by atoms with Crippen molar-refractivity contribution in [3.8, 4) is 0 Å². The summed E-state index contributed by atoms with van der Waals surface area (Å²) < 4.78 is 7.14. The van der Waals surface area contributed by atoms with Gasteiger partial charge >= 0.3 is 5.69 Å². The van der Waals surface area contributed by atoms with Gasteiger partial charge in [-0.3, -0.25) is 9.36 Å². The number of hydrogen-bond acceptors (Lipinski definition) is 5. The van der Waals surface area contributed by atoms with Gasteiger partial charge in [-0.2, -0.15) is 0 Å². The van der Waals surface area contributed by atoms with Gasteiger partial charge in [0, 0.05) is 12.3 Å². The van der Waals surface area contributed by atoms with Crippen LogP contribution in [0.25, 0.3) is 0 Å². The van der Waals surface area contributed by atoms with Crippen LogP contribution in [0.4, 0.5) is 5.69 Å². The van der Waals surface area contributed by atoms with Crippen LogP contribution in [0, 0.1) is 6.92 Å².